The third-order valence-corrected chi connectivity index (χ3v) is 5.67. The summed E-state index contributed by atoms with van der Waals surface area (Å²) in [6, 6.07) is 30.1. The van der Waals surface area contributed by atoms with E-state index < -0.39 is 0 Å². The lowest BCUT2D eigenvalue weighted by Crippen LogP contribution is -2.08. The van der Waals surface area contributed by atoms with Crippen LogP contribution in [0.1, 0.15) is 36.0 Å². The van der Waals surface area contributed by atoms with Crippen molar-refractivity contribution in [1.82, 2.24) is 0 Å². The fourth-order valence-corrected chi connectivity index (χ4v) is 4.01. The molecule has 2 N–H and O–H groups in total. The van der Waals surface area contributed by atoms with E-state index >= 15 is 0 Å². The molecule has 166 valence electrons. The van der Waals surface area contributed by atoms with Crippen molar-refractivity contribution in [2.24, 2.45) is 0 Å². The fourth-order valence-electron chi connectivity index (χ4n) is 4.01. The molecule has 0 bridgehead atoms. The van der Waals surface area contributed by atoms with Crippen molar-refractivity contribution < 1.29 is 19.7 Å². The van der Waals surface area contributed by atoms with Crippen LogP contribution in [-0.2, 0) is 11.2 Å². The average Bonchev–Trinajstić information content (AvgIpc) is 2.83. The quantitative estimate of drug-likeness (QED) is 0.257. The van der Waals surface area contributed by atoms with Gasteiger partial charge >= 0.3 is 5.97 Å². The Kier molecular flexibility index (Phi) is 6.75. The van der Waals surface area contributed by atoms with E-state index in [0.29, 0.717) is 18.6 Å². The van der Waals surface area contributed by atoms with Crippen molar-refractivity contribution in [3.63, 3.8) is 0 Å². The highest BCUT2D eigenvalue weighted by molar-refractivity contribution is 5.72. The molecular weight excluding hydrogens is 412 g/mol. The first-order valence-electron chi connectivity index (χ1n) is 11.0. The van der Waals surface area contributed by atoms with Gasteiger partial charge in [0.1, 0.15) is 17.2 Å². The largest absolute Gasteiger partial charge is 0.508 e. The van der Waals surface area contributed by atoms with Gasteiger partial charge in [0.15, 0.2) is 0 Å². The summed E-state index contributed by atoms with van der Waals surface area (Å²) >= 11 is 0. The molecule has 0 aliphatic heterocycles. The van der Waals surface area contributed by atoms with Crippen molar-refractivity contribution in [1.29, 1.82) is 0 Å². The standard InChI is InChI=1S/C29H26O4/c1-2-29(32)33-23-12-7-9-20(17-23)18-26(25-14-4-6-16-28(25)31)22-11-8-10-21(19-22)24-13-3-5-15-27(24)30/h3-17,19,26,30-31H,2,18H2,1H3. The Morgan fingerprint density at radius 1 is 0.818 bits per heavy atom. The molecule has 0 fully saturated rings. The second-order valence-electron chi connectivity index (χ2n) is 7.93. The number of hydrogen-bond acceptors (Lipinski definition) is 4. The number of para-hydroxylation sites is 2. The van der Waals surface area contributed by atoms with Crippen LogP contribution in [0.4, 0.5) is 0 Å². The number of phenols is 2. The van der Waals surface area contributed by atoms with Gasteiger partial charge in [-0.05, 0) is 47.4 Å². The van der Waals surface area contributed by atoms with Crippen LogP contribution in [0, 0.1) is 0 Å². The van der Waals surface area contributed by atoms with Crippen molar-refractivity contribution in [2.45, 2.75) is 25.7 Å². The molecule has 1 unspecified atom stereocenters. The Bertz CT molecular complexity index is 1260. The van der Waals surface area contributed by atoms with Crippen LogP contribution in [0.15, 0.2) is 97.1 Å². The lowest BCUT2D eigenvalue weighted by molar-refractivity contribution is -0.134. The predicted molar refractivity (Wildman–Crippen MR) is 130 cm³/mol. The summed E-state index contributed by atoms with van der Waals surface area (Å²) < 4.78 is 5.39. The Morgan fingerprint density at radius 2 is 1.55 bits per heavy atom. The van der Waals surface area contributed by atoms with Crippen molar-refractivity contribution >= 4 is 5.97 Å². The van der Waals surface area contributed by atoms with Crippen LogP contribution in [-0.4, -0.2) is 16.2 Å². The van der Waals surface area contributed by atoms with E-state index in [2.05, 4.69) is 0 Å². The number of carbonyl (C=O) groups excluding carboxylic acids is 1. The van der Waals surface area contributed by atoms with Gasteiger partial charge in [-0.1, -0.05) is 79.7 Å². The van der Waals surface area contributed by atoms with Crippen LogP contribution < -0.4 is 4.74 Å². The monoisotopic (exact) mass is 438 g/mol. The van der Waals surface area contributed by atoms with Gasteiger partial charge in [-0.3, -0.25) is 4.79 Å². The Morgan fingerprint density at radius 3 is 2.30 bits per heavy atom. The van der Waals surface area contributed by atoms with Crippen molar-refractivity contribution in [3.8, 4) is 28.4 Å². The van der Waals surface area contributed by atoms with Crippen LogP contribution in [0.5, 0.6) is 17.2 Å². The molecule has 4 heteroatoms. The van der Waals surface area contributed by atoms with Gasteiger partial charge < -0.3 is 14.9 Å². The first-order valence-corrected chi connectivity index (χ1v) is 11.0. The molecule has 0 aliphatic carbocycles. The predicted octanol–water partition coefficient (Wildman–Crippen LogP) is 6.45. The molecule has 0 spiro atoms. The summed E-state index contributed by atoms with van der Waals surface area (Å²) in [5.74, 6) is 0.537. The maximum absolute atomic E-state index is 11.7. The zero-order chi connectivity index (χ0) is 23.2. The third-order valence-electron chi connectivity index (χ3n) is 5.67. The van der Waals surface area contributed by atoms with Gasteiger partial charge in [-0.25, -0.2) is 0 Å². The van der Waals surface area contributed by atoms with Gasteiger partial charge in [-0.15, -0.1) is 0 Å². The molecule has 4 nitrogen and oxygen atoms in total. The van der Waals surface area contributed by atoms with E-state index in [4.69, 9.17) is 4.74 Å². The van der Waals surface area contributed by atoms with Crippen LogP contribution >= 0.6 is 0 Å². The molecular formula is C29H26O4. The average molecular weight is 439 g/mol. The lowest BCUT2D eigenvalue weighted by Gasteiger charge is -2.21. The number of esters is 1. The molecule has 4 aromatic carbocycles. The minimum atomic E-state index is -0.278. The van der Waals surface area contributed by atoms with E-state index in [1.807, 2.05) is 66.7 Å². The zero-order valence-electron chi connectivity index (χ0n) is 18.4. The molecule has 4 aromatic rings. The van der Waals surface area contributed by atoms with Crippen LogP contribution in [0.25, 0.3) is 11.1 Å². The first kappa shape index (κ1) is 22.2. The highest BCUT2D eigenvalue weighted by Crippen LogP contribution is 2.37. The zero-order valence-corrected chi connectivity index (χ0v) is 18.4. The first-order chi connectivity index (χ1) is 16.0. The van der Waals surface area contributed by atoms with E-state index in [-0.39, 0.29) is 23.4 Å². The molecule has 33 heavy (non-hydrogen) atoms. The molecule has 0 heterocycles. The molecule has 1 atom stereocenters. The maximum atomic E-state index is 11.7. The molecule has 0 amide bonds. The number of rotatable bonds is 7. The Labute approximate surface area is 193 Å². The molecule has 0 radical (unpaired) electrons. The van der Waals surface area contributed by atoms with Crippen LogP contribution in [0.2, 0.25) is 0 Å². The molecule has 0 aromatic heterocycles. The molecule has 0 saturated carbocycles. The fraction of sp³-hybridized carbons (Fsp3) is 0.138. The number of hydrogen-bond donors (Lipinski definition) is 2. The number of phenolic OH excluding ortho intramolecular Hbond substituents is 2. The van der Waals surface area contributed by atoms with Gasteiger partial charge in [-0.2, -0.15) is 0 Å². The van der Waals surface area contributed by atoms with E-state index in [9.17, 15) is 15.0 Å². The van der Waals surface area contributed by atoms with Gasteiger partial charge in [0.2, 0.25) is 0 Å². The van der Waals surface area contributed by atoms with E-state index in [0.717, 1.165) is 27.8 Å². The number of aromatic hydroxyl groups is 2. The smallest absolute Gasteiger partial charge is 0.310 e. The summed E-state index contributed by atoms with van der Waals surface area (Å²) in [6.45, 7) is 1.76. The summed E-state index contributed by atoms with van der Waals surface area (Å²) in [5, 5.41) is 21.0. The van der Waals surface area contributed by atoms with Gasteiger partial charge in [0.05, 0.1) is 0 Å². The van der Waals surface area contributed by atoms with Crippen LogP contribution in [0.3, 0.4) is 0 Å². The Hall–Kier alpha value is -4.05. The summed E-state index contributed by atoms with van der Waals surface area (Å²) in [7, 11) is 0. The summed E-state index contributed by atoms with van der Waals surface area (Å²) in [4.78, 5) is 11.7. The second-order valence-corrected chi connectivity index (χ2v) is 7.93. The van der Waals surface area contributed by atoms with Gasteiger partial charge in [0.25, 0.3) is 0 Å². The second kappa shape index (κ2) is 10.0. The SMILES string of the molecule is CCC(=O)Oc1cccc(CC(c2cccc(-c3ccccc3O)c2)c2ccccc2O)c1. The van der Waals surface area contributed by atoms with E-state index in [1.165, 1.54) is 0 Å². The Balaban J connectivity index is 1.74. The maximum Gasteiger partial charge on any atom is 0.310 e. The highest BCUT2D eigenvalue weighted by Gasteiger charge is 2.20. The molecule has 0 aliphatic rings. The van der Waals surface area contributed by atoms with E-state index in [1.54, 1.807) is 37.3 Å². The number of carbonyl (C=O) groups is 1. The number of benzene rings is 4. The highest BCUT2D eigenvalue weighted by atomic mass is 16.5. The van der Waals surface area contributed by atoms with Crippen molar-refractivity contribution in [3.05, 3.63) is 114 Å². The third kappa shape index (κ3) is 5.24. The minimum absolute atomic E-state index is 0.144. The minimum Gasteiger partial charge on any atom is -0.508 e. The summed E-state index contributed by atoms with van der Waals surface area (Å²) in [5.41, 5.74) is 4.45. The topological polar surface area (TPSA) is 66.8 Å². The normalized spacial score (nSPS) is 11.7. The lowest BCUT2D eigenvalue weighted by atomic mass is 9.84. The van der Waals surface area contributed by atoms with Crippen molar-refractivity contribution in [2.75, 3.05) is 0 Å². The number of ether oxygens (including phenoxy) is 1. The van der Waals surface area contributed by atoms with Gasteiger partial charge in [0, 0.05) is 23.5 Å². The molecule has 4 rings (SSSR count). The summed E-state index contributed by atoms with van der Waals surface area (Å²) in [6.07, 6.45) is 0.906. The molecule has 0 saturated heterocycles.